The average Bonchev–Trinajstić information content (AvgIpc) is 3.20. The third-order valence-electron chi connectivity index (χ3n) is 4.94. The van der Waals surface area contributed by atoms with Gasteiger partial charge in [-0.1, -0.05) is 45.4 Å². The molecular formula is C22H21BrFNO6. The summed E-state index contributed by atoms with van der Waals surface area (Å²) in [6.45, 7) is 0.0386. The molecule has 0 aromatic heterocycles. The standard InChI is InChI=1S/C22H21BrFNO6/c1-29-19(26)11-10-18-12-22(21(27)28,31-25-18)20(15-4-6-16(23)7-5-15)30-13-14-2-8-17(24)9-3-14/h2-9,20H,10-13H2,1H3,(H,27,28). The summed E-state index contributed by atoms with van der Waals surface area (Å²) in [6, 6.07) is 12.8. The highest BCUT2D eigenvalue weighted by molar-refractivity contribution is 9.10. The number of hydrogen-bond donors (Lipinski definition) is 1. The van der Waals surface area contributed by atoms with E-state index in [1.807, 2.05) is 0 Å². The number of methoxy groups -OCH3 is 1. The van der Waals surface area contributed by atoms with Crippen molar-refractivity contribution in [1.29, 1.82) is 0 Å². The molecular weight excluding hydrogens is 473 g/mol. The second kappa shape index (κ2) is 10.0. The van der Waals surface area contributed by atoms with E-state index in [1.54, 1.807) is 36.4 Å². The van der Waals surface area contributed by atoms with Crippen LogP contribution < -0.4 is 0 Å². The summed E-state index contributed by atoms with van der Waals surface area (Å²) in [5, 5.41) is 14.0. The Bertz CT molecular complexity index is 963. The summed E-state index contributed by atoms with van der Waals surface area (Å²) in [6.07, 6.45) is -0.785. The molecule has 2 aromatic rings. The van der Waals surface area contributed by atoms with Crippen molar-refractivity contribution in [1.82, 2.24) is 0 Å². The third-order valence-corrected chi connectivity index (χ3v) is 5.47. The second-order valence-corrected chi connectivity index (χ2v) is 7.98. The fraction of sp³-hybridized carbons (Fsp3) is 0.318. The molecule has 0 spiro atoms. The Labute approximate surface area is 186 Å². The number of carbonyl (C=O) groups excluding carboxylic acids is 1. The molecule has 0 amide bonds. The van der Waals surface area contributed by atoms with Gasteiger partial charge in [0.05, 0.1) is 25.8 Å². The first kappa shape index (κ1) is 22.9. The van der Waals surface area contributed by atoms with Gasteiger partial charge in [0.15, 0.2) is 0 Å². The summed E-state index contributed by atoms with van der Waals surface area (Å²) in [5.74, 6) is -2.04. The summed E-state index contributed by atoms with van der Waals surface area (Å²) in [4.78, 5) is 29.3. The van der Waals surface area contributed by atoms with Crippen molar-refractivity contribution in [2.24, 2.45) is 5.16 Å². The number of carboxylic acid groups (broad SMARTS) is 1. The molecule has 7 nitrogen and oxygen atoms in total. The minimum atomic E-state index is -1.81. The number of ether oxygens (including phenoxy) is 2. The van der Waals surface area contributed by atoms with Gasteiger partial charge >= 0.3 is 11.9 Å². The van der Waals surface area contributed by atoms with E-state index in [-0.39, 0.29) is 31.7 Å². The number of benzene rings is 2. The maximum absolute atomic E-state index is 13.2. The molecule has 0 radical (unpaired) electrons. The van der Waals surface area contributed by atoms with Crippen LogP contribution in [0.5, 0.6) is 0 Å². The molecule has 0 aliphatic carbocycles. The fourth-order valence-corrected chi connectivity index (χ4v) is 3.53. The zero-order valence-corrected chi connectivity index (χ0v) is 18.3. The number of hydrogen-bond acceptors (Lipinski definition) is 6. The van der Waals surface area contributed by atoms with Crippen molar-refractivity contribution in [3.63, 3.8) is 0 Å². The van der Waals surface area contributed by atoms with Gasteiger partial charge in [-0.25, -0.2) is 9.18 Å². The van der Waals surface area contributed by atoms with Crippen LogP contribution in [0.4, 0.5) is 4.39 Å². The van der Waals surface area contributed by atoms with Gasteiger partial charge in [0, 0.05) is 10.9 Å². The Kier molecular flexibility index (Phi) is 7.40. The molecule has 1 aliphatic rings. The van der Waals surface area contributed by atoms with E-state index in [0.29, 0.717) is 16.8 Å². The molecule has 1 N–H and O–H groups in total. The van der Waals surface area contributed by atoms with Crippen LogP contribution in [0, 0.1) is 5.82 Å². The lowest BCUT2D eigenvalue weighted by Crippen LogP contribution is -2.46. The normalized spacial score (nSPS) is 18.7. The van der Waals surface area contributed by atoms with Gasteiger partial charge in [-0.05, 0) is 41.8 Å². The molecule has 164 valence electrons. The maximum atomic E-state index is 13.2. The molecule has 0 saturated heterocycles. The van der Waals surface area contributed by atoms with Crippen LogP contribution in [0.1, 0.15) is 36.5 Å². The minimum Gasteiger partial charge on any atom is -0.478 e. The SMILES string of the molecule is COC(=O)CCC1=NOC(C(=O)O)(C(OCc2ccc(F)cc2)c2ccc(Br)cc2)C1. The summed E-state index contributed by atoms with van der Waals surface area (Å²) >= 11 is 3.36. The summed E-state index contributed by atoms with van der Waals surface area (Å²) < 4.78 is 24.7. The van der Waals surface area contributed by atoms with E-state index in [1.165, 1.54) is 19.2 Å². The molecule has 0 bridgehead atoms. The molecule has 1 aliphatic heterocycles. The van der Waals surface area contributed by atoms with Gasteiger partial charge in [-0.3, -0.25) is 4.79 Å². The maximum Gasteiger partial charge on any atom is 0.354 e. The first-order valence-corrected chi connectivity index (χ1v) is 10.3. The Balaban J connectivity index is 1.86. The molecule has 9 heteroatoms. The van der Waals surface area contributed by atoms with Gasteiger partial charge in [0.25, 0.3) is 5.60 Å². The lowest BCUT2D eigenvalue weighted by atomic mass is 9.85. The molecule has 31 heavy (non-hydrogen) atoms. The smallest absolute Gasteiger partial charge is 0.354 e. The van der Waals surface area contributed by atoms with Crippen molar-refractivity contribution in [2.45, 2.75) is 37.6 Å². The lowest BCUT2D eigenvalue weighted by Gasteiger charge is -2.31. The van der Waals surface area contributed by atoms with Gasteiger partial charge in [-0.2, -0.15) is 0 Å². The van der Waals surface area contributed by atoms with Crippen molar-refractivity contribution in [2.75, 3.05) is 7.11 Å². The molecule has 0 fully saturated rings. The van der Waals surface area contributed by atoms with Crippen molar-refractivity contribution in [3.8, 4) is 0 Å². The number of aliphatic carboxylic acids is 1. The molecule has 2 atom stereocenters. The molecule has 1 heterocycles. The number of esters is 1. The molecule has 3 rings (SSSR count). The third kappa shape index (κ3) is 5.48. The topological polar surface area (TPSA) is 94.4 Å². The number of carbonyl (C=O) groups is 2. The summed E-state index contributed by atoms with van der Waals surface area (Å²) in [7, 11) is 1.28. The number of oxime groups is 1. The van der Waals surface area contributed by atoms with Crippen LogP contribution >= 0.6 is 15.9 Å². The number of rotatable bonds is 9. The van der Waals surface area contributed by atoms with E-state index in [2.05, 4.69) is 25.8 Å². The average molecular weight is 494 g/mol. The van der Waals surface area contributed by atoms with Crippen LogP contribution in [0.2, 0.25) is 0 Å². The van der Waals surface area contributed by atoms with Crippen molar-refractivity contribution < 1.29 is 33.4 Å². The predicted molar refractivity (Wildman–Crippen MR) is 113 cm³/mol. The quantitative estimate of drug-likeness (QED) is 0.520. The minimum absolute atomic E-state index is 0.0386. The highest BCUT2D eigenvalue weighted by Crippen LogP contribution is 2.41. The van der Waals surface area contributed by atoms with Crippen molar-refractivity contribution >= 4 is 33.6 Å². The zero-order chi connectivity index (χ0) is 22.4. The summed E-state index contributed by atoms with van der Waals surface area (Å²) in [5.41, 5.74) is -0.120. The van der Waals surface area contributed by atoms with E-state index < -0.39 is 23.6 Å². The Hall–Kier alpha value is -2.78. The van der Waals surface area contributed by atoms with Crippen LogP contribution in [0.15, 0.2) is 58.2 Å². The monoisotopic (exact) mass is 493 g/mol. The predicted octanol–water partition coefficient (Wildman–Crippen LogP) is 4.40. The van der Waals surface area contributed by atoms with Gasteiger partial charge < -0.3 is 19.4 Å². The Morgan fingerprint density at radius 2 is 1.90 bits per heavy atom. The lowest BCUT2D eigenvalue weighted by molar-refractivity contribution is -0.187. The van der Waals surface area contributed by atoms with E-state index in [0.717, 1.165) is 4.47 Å². The van der Waals surface area contributed by atoms with Gasteiger partial charge in [-0.15, -0.1) is 0 Å². The Morgan fingerprint density at radius 3 is 2.52 bits per heavy atom. The second-order valence-electron chi connectivity index (χ2n) is 7.07. The molecule has 0 saturated carbocycles. The van der Waals surface area contributed by atoms with Gasteiger partial charge in [0.1, 0.15) is 11.9 Å². The number of carboxylic acids is 1. The fourth-order valence-electron chi connectivity index (χ4n) is 3.26. The van der Waals surface area contributed by atoms with E-state index >= 15 is 0 Å². The first-order chi connectivity index (χ1) is 14.8. The number of halogens is 2. The highest BCUT2D eigenvalue weighted by atomic mass is 79.9. The van der Waals surface area contributed by atoms with E-state index in [9.17, 15) is 19.1 Å². The zero-order valence-electron chi connectivity index (χ0n) is 16.7. The van der Waals surface area contributed by atoms with Crippen LogP contribution in [0.3, 0.4) is 0 Å². The van der Waals surface area contributed by atoms with Crippen LogP contribution in [-0.4, -0.2) is 35.5 Å². The van der Waals surface area contributed by atoms with Crippen molar-refractivity contribution in [3.05, 3.63) is 69.9 Å². The van der Waals surface area contributed by atoms with Crippen LogP contribution in [-0.2, 0) is 30.5 Å². The Morgan fingerprint density at radius 1 is 1.23 bits per heavy atom. The highest BCUT2D eigenvalue weighted by Gasteiger charge is 2.54. The molecule has 2 unspecified atom stereocenters. The van der Waals surface area contributed by atoms with Gasteiger partial charge in [0.2, 0.25) is 0 Å². The number of nitrogens with zero attached hydrogens (tertiary/aromatic N) is 1. The molecule has 2 aromatic carbocycles. The first-order valence-electron chi connectivity index (χ1n) is 9.49. The largest absolute Gasteiger partial charge is 0.478 e. The van der Waals surface area contributed by atoms with Crippen LogP contribution in [0.25, 0.3) is 0 Å². The van der Waals surface area contributed by atoms with E-state index in [4.69, 9.17) is 9.57 Å².